The Balaban J connectivity index is 1.95. The number of aromatic nitrogens is 2. The average molecular weight is 342 g/mol. The molecule has 0 amide bonds. The Bertz CT molecular complexity index is 1040. The van der Waals surface area contributed by atoms with E-state index in [9.17, 15) is 5.26 Å². The minimum atomic E-state index is -0.290. The molecule has 1 unspecified atom stereocenters. The molecule has 26 heavy (non-hydrogen) atoms. The molecule has 0 saturated heterocycles. The van der Waals surface area contributed by atoms with Gasteiger partial charge in [-0.1, -0.05) is 48.0 Å². The molecule has 1 atom stereocenters. The monoisotopic (exact) mass is 342 g/mol. The molecule has 0 radical (unpaired) electrons. The van der Waals surface area contributed by atoms with Crippen LogP contribution in [0.3, 0.4) is 0 Å². The van der Waals surface area contributed by atoms with Gasteiger partial charge in [0.15, 0.2) is 0 Å². The lowest BCUT2D eigenvalue weighted by Gasteiger charge is -2.25. The van der Waals surface area contributed by atoms with E-state index in [1.54, 1.807) is 4.68 Å². The highest BCUT2D eigenvalue weighted by atomic mass is 16.5. The Morgan fingerprint density at radius 2 is 1.77 bits per heavy atom. The van der Waals surface area contributed by atoms with Crippen LogP contribution in [-0.4, -0.2) is 9.78 Å². The van der Waals surface area contributed by atoms with E-state index in [1.807, 2.05) is 68.4 Å². The first-order valence-electron chi connectivity index (χ1n) is 8.39. The first-order chi connectivity index (χ1) is 12.6. The lowest BCUT2D eigenvalue weighted by atomic mass is 9.84. The van der Waals surface area contributed by atoms with Crippen molar-refractivity contribution in [3.8, 4) is 17.6 Å². The van der Waals surface area contributed by atoms with Gasteiger partial charge in [-0.25, -0.2) is 4.68 Å². The zero-order valence-corrected chi connectivity index (χ0v) is 14.6. The predicted molar refractivity (Wildman–Crippen MR) is 98.8 cm³/mol. The minimum Gasteiger partial charge on any atom is -0.422 e. The third-order valence-corrected chi connectivity index (χ3v) is 4.64. The second-order valence-corrected chi connectivity index (χ2v) is 6.39. The summed E-state index contributed by atoms with van der Waals surface area (Å²) in [4.78, 5) is 0. The summed E-state index contributed by atoms with van der Waals surface area (Å²) in [6.45, 7) is 3.96. The van der Waals surface area contributed by atoms with Gasteiger partial charge in [-0.2, -0.15) is 10.4 Å². The number of ether oxygens (including phenoxy) is 1. The van der Waals surface area contributed by atoms with Gasteiger partial charge in [0.05, 0.1) is 22.9 Å². The third kappa shape index (κ3) is 2.44. The van der Waals surface area contributed by atoms with Crippen molar-refractivity contribution in [1.29, 1.82) is 5.26 Å². The van der Waals surface area contributed by atoms with E-state index in [0.29, 0.717) is 11.5 Å². The van der Waals surface area contributed by atoms with Gasteiger partial charge in [0, 0.05) is 0 Å². The highest BCUT2D eigenvalue weighted by Gasteiger charge is 2.35. The summed E-state index contributed by atoms with van der Waals surface area (Å²) < 4.78 is 7.60. The number of fused-ring (bicyclic) bond motifs is 1. The molecule has 2 heterocycles. The normalized spacial score (nSPS) is 16.0. The average Bonchev–Trinajstić information content (AvgIpc) is 2.98. The molecule has 0 bridgehead atoms. The minimum absolute atomic E-state index is 0.127. The van der Waals surface area contributed by atoms with Crippen LogP contribution in [0.1, 0.15) is 28.3 Å². The zero-order valence-electron chi connectivity index (χ0n) is 14.6. The van der Waals surface area contributed by atoms with Crippen molar-refractivity contribution in [3.05, 3.63) is 88.4 Å². The molecule has 0 fully saturated rings. The fourth-order valence-electron chi connectivity index (χ4n) is 3.35. The Hall–Kier alpha value is -3.52. The quantitative estimate of drug-likeness (QED) is 0.770. The summed E-state index contributed by atoms with van der Waals surface area (Å²) in [5, 5.41) is 14.4. The number of nitrogens with two attached hydrogens (primary N) is 1. The maximum absolute atomic E-state index is 9.69. The topological polar surface area (TPSA) is 76.9 Å². The molecule has 128 valence electrons. The van der Waals surface area contributed by atoms with Crippen LogP contribution in [0.15, 0.2) is 66.1 Å². The van der Waals surface area contributed by atoms with Gasteiger partial charge in [0.25, 0.3) is 0 Å². The Labute approximate surface area is 151 Å². The van der Waals surface area contributed by atoms with Gasteiger partial charge in [0.2, 0.25) is 11.8 Å². The van der Waals surface area contributed by atoms with Crippen molar-refractivity contribution >= 4 is 0 Å². The van der Waals surface area contributed by atoms with Crippen molar-refractivity contribution < 1.29 is 4.74 Å². The lowest BCUT2D eigenvalue weighted by molar-refractivity contribution is 0.367. The predicted octanol–water partition coefficient (Wildman–Crippen LogP) is 3.71. The molecule has 1 aliphatic rings. The fraction of sp³-hybridized carbons (Fsp3) is 0.143. The van der Waals surface area contributed by atoms with Crippen LogP contribution in [-0.2, 0) is 0 Å². The van der Waals surface area contributed by atoms with Crippen molar-refractivity contribution in [3.63, 3.8) is 0 Å². The van der Waals surface area contributed by atoms with E-state index >= 15 is 0 Å². The summed E-state index contributed by atoms with van der Waals surface area (Å²) >= 11 is 0. The van der Waals surface area contributed by atoms with Crippen molar-refractivity contribution in [2.45, 2.75) is 19.8 Å². The number of allylic oxidation sites excluding steroid dienone is 1. The number of nitriles is 1. The molecular weight excluding hydrogens is 324 g/mol. The van der Waals surface area contributed by atoms with Crippen LogP contribution >= 0.6 is 0 Å². The van der Waals surface area contributed by atoms with Crippen molar-refractivity contribution in [2.75, 3.05) is 0 Å². The maximum Gasteiger partial charge on any atom is 0.229 e. The van der Waals surface area contributed by atoms with Crippen LogP contribution in [0, 0.1) is 25.2 Å². The summed E-state index contributed by atoms with van der Waals surface area (Å²) in [5.41, 5.74) is 11.3. The first-order valence-corrected chi connectivity index (χ1v) is 8.39. The summed E-state index contributed by atoms with van der Waals surface area (Å²) in [6, 6.07) is 20.1. The van der Waals surface area contributed by atoms with Crippen LogP contribution in [0.25, 0.3) is 5.69 Å². The summed E-state index contributed by atoms with van der Waals surface area (Å²) in [7, 11) is 0. The van der Waals surface area contributed by atoms with Crippen molar-refractivity contribution in [2.24, 2.45) is 5.73 Å². The van der Waals surface area contributed by atoms with E-state index in [4.69, 9.17) is 10.5 Å². The largest absolute Gasteiger partial charge is 0.422 e. The molecule has 4 rings (SSSR count). The zero-order chi connectivity index (χ0) is 18.3. The first kappa shape index (κ1) is 16.0. The number of rotatable bonds is 2. The maximum atomic E-state index is 9.69. The summed E-state index contributed by atoms with van der Waals surface area (Å²) in [5.74, 6) is 0.403. The smallest absolute Gasteiger partial charge is 0.229 e. The molecule has 3 aromatic rings. The molecule has 2 N–H and O–H groups in total. The second kappa shape index (κ2) is 6.08. The van der Waals surface area contributed by atoms with Gasteiger partial charge in [-0.3, -0.25) is 0 Å². The molecule has 0 aliphatic carbocycles. The lowest BCUT2D eigenvalue weighted by Crippen LogP contribution is -2.22. The Kier molecular flexibility index (Phi) is 3.74. The molecule has 2 aromatic carbocycles. The summed E-state index contributed by atoms with van der Waals surface area (Å²) in [6.07, 6.45) is 0. The van der Waals surface area contributed by atoms with Crippen LogP contribution in [0.4, 0.5) is 0 Å². The van der Waals surface area contributed by atoms with Gasteiger partial charge in [-0.15, -0.1) is 0 Å². The molecule has 0 saturated carbocycles. The molecule has 5 nitrogen and oxygen atoms in total. The van der Waals surface area contributed by atoms with Gasteiger partial charge in [0.1, 0.15) is 11.6 Å². The van der Waals surface area contributed by atoms with E-state index in [0.717, 1.165) is 28.1 Å². The van der Waals surface area contributed by atoms with E-state index in [-0.39, 0.29) is 11.8 Å². The molecule has 1 aliphatic heterocycles. The molecule has 5 heteroatoms. The number of para-hydroxylation sites is 1. The highest BCUT2D eigenvalue weighted by Crippen LogP contribution is 2.44. The van der Waals surface area contributed by atoms with Gasteiger partial charge >= 0.3 is 0 Å². The SMILES string of the molecule is Cc1ccc(C2C(C#N)=C(N)Oc3c2c(C)nn3-c2ccccc2)cc1. The fourth-order valence-corrected chi connectivity index (χ4v) is 3.35. The number of hydrogen-bond acceptors (Lipinski definition) is 4. The molecule has 1 aromatic heterocycles. The van der Waals surface area contributed by atoms with E-state index in [2.05, 4.69) is 11.2 Å². The molecule has 0 spiro atoms. The van der Waals surface area contributed by atoms with Crippen molar-refractivity contribution in [1.82, 2.24) is 9.78 Å². The number of nitrogens with zero attached hydrogens (tertiary/aromatic N) is 3. The number of hydrogen-bond donors (Lipinski definition) is 1. The Morgan fingerprint density at radius 1 is 1.08 bits per heavy atom. The Morgan fingerprint density at radius 3 is 2.42 bits per heavy atom. The molecular formula is C21H18N4O. The van der Waals surface area contributed by atoms with E-state index in [1.165, 1.54) is 0 Å². The van der Waals surface area contributed by atoms with E-state index < -0.39 is 0 Å². The van der Waals surface area contributed by atoms with Crippen LogP contribution in [0.5, 0.6) is 5.88 Å². The van der Waals surface area contributed by atoms with Gasteiger partial charge in [-0.05, 0) is 31.5 Å². The van der Waals surface area contributed by atoms with Crippen LogP contribution in [0.2, 0.25) is 0 Å². The standard InChI is InChI=1S/C21H18N4O/c1-13-8-10-15(11-9-13)19-17(12-22)20(23)26-21-18(19)14(2)24-25(21)16-6-4-3-5-7-16/h3-11,19H,23H2,1-2H3. The number of benzene rings is 2. The van der Waals surface area contributed by atoms with Gasteiger partial charge < -0.3 is 10.5 Å². The third-order valence-electron chi connectivity index (χ3n) is 4.64. The second-order valence-electron chi connectivity index (χ2n) is 6.39. The highest BCUT2D eigenvalue weighted by molar-refractivity contribution is 5.57. The van der Waals surface area contributed by atoms with Crippen LogP contribution < -0.4 is 10.5 Å². The number of aryl methyl sites for hydroxylation is 2.